The number of halogens is 1. The van der Waals surface area contributed by atoms with Crippen LogP contribution in [0.3, 0.4) is 0 Å². The number of aromatic nitrogens is 1. The number of rotatable bonds is 3. The van der Waals surface area contributed by atoms with Gasteiger partial charge in [-0.2, -0.15) is 0 Å². The Bertz CT molecular complexity index is 676. The fourth-order valence-electron chi connectivity index (χ4n) is 1.95. The second-order valence-electron chi connectivity index (χ2n) is 4.03. The molecule has 2 rings (SSSR count). The van der Waals surface area contributed by atoms with Crippen molar-refractivity contribution >= 4 is 39.5 Å². The number of nitrogens with zero attached hydrogens (tertiary/aromatic N) is 1. The molecule has 0 aliphatic carbocycles. The molecule has 1 N–H and O–H groups in total. The van der Waals surface area contributed by atoms with Gasteiger partial charge >= 0.3 is 5.97 Å². The van der Waals surface area contributed by atoms with Gasteiger partial charge in [0.1, 0.15) is 5.56 Å². The van der Waals surface area contributed by atoms with E-state index in [4.69, 9.17) is 5.11 Å². The van der Waals surface area contributed by atoms with Crippen LogP contribution in [0.2, 0.25) is 0 Å². The molecule has 94 valence electrons. The van der Waals surface area contributed by atoms with Crippen LogP contribution in [0.15, 0.2) is 29.2 Å². The van der Waals surface area contributed by atoms with Gasteiger partial charge in [0.2, 0.25) is 5.43 Å². The first-order valence-electron chi connectivity index (χ1n) is 5.60. The number of carbonyl (C=O) groups is 1. The Balaban J connectivity index is 2.87. The van der Waals surface area contributed by atoms with Crippen LogP contribution in [-0.2, 0) is 6.54 Å². The molecule has 0 aliphatic heterocycles. The molecule has 0 fully saturated rings. The highest BCUT2D eigenvalue weighted by atomic mass is 127. The Kier molecular flexibility index (Phi) is 3.70. The van der Waals surface area contributed by atoms with Crippen molar-refractivity contribution in [2.45, 2.75) is 19.9 Å². The Hall–Kier alpha value is -1.37. The monoisotopic (exact) mass is 357 g/mol. The largest absolute Gasteiger partial charge is 0.477 e. The summed E-state index contributed by atoms with van der Waals surface area (Å²) < 4.78 is 2.75. The van der Waals surface area contributed by atoms with Crippen LogP contribution in [0.4, 0.5) is 0 Å². The molecule has 0 amide bonds. The Morgan fingerprint density at radius 3 is 2.78 bits per heavy atom. The van der Waals surface area contributed by atoms with Gasteiger partial charge in [0, 0.05) is 21.7 Å². The van der Waals surface area contributed by atoms with Gasteiger partial charge in [-0.1, -0.05) is 6.92 Å². The number of aromatic carboxylic acids is 1. The molecule has 2 aromatic rings. The van der Waals surface area contributed by atoms with Gasteiger partial charge in [-0.25, -0.2) is 4.79 Å². The van der Waals surface area contributed by atoms with Crippen LogP contribution in [0.1, 0.15) is 23.7 Å². The summed E-state index contributed by atoms with van der Waals surface area (Å²) in [7, 11) is 0. The molecule has 0 spiro atoms. The van der Waals surface area contributed by atoms with Crippen LogP contribution in [0, 0.1) is 3.57 Å². The van der Waals surface area contributed by atoms with Gasteiger partial charge in [-0.3, -0.25) is 4.79 Å². The molecule has 0 saturated heterocycles. The first-order valence-corrected chi connectivity index (χ1v) is 6.68. The second-order valence-corrected chi connectivity index (χ2v) is 5.28. The summed E-state index contributed by atoms with van der Waals surface area (Å²) in [6.45, 7) is 2.70. The molecule has 0 aliphatic rings. The zero-order valence-corrected chi connectivity index (χ0v) is 12.0. The standard InChI is InChI=1S/C13H12INO3/c1-2-5-15-7-10(13(17)18)12(16)9-6-8(14)3-4-11(9)15/h3-4,6-7H,2,5H2,1H3,(H,17,18). The van der Waals surface area contributed by atoms with Gasteiger partial charge in [0.15, 0.2) is 0 Å². The van der Waals surface area contributed by atoms with E-state index >= 15 is 0 Å². The lowest BCUT2D eigenvalue weighted by molar-refractivity contribution is 0.0695. The predicted molar refractivity (Wildman–Crippen MR) is 78.2 cm³/mol. The summed E-state index contributed by atoms with van der Waals surface area (Å²) in [5.74, 6) is -1.18. The Labute approximate surface area is 117 Å². The highest BCUT2D eigenvalue weighted by Gasteiger charge is 2.14. The van der Waals surface area contributed by atoms with Crippen molar-refractivity contribution in [1.82, 2.24) is 4.57 Å². The summed E-state index contributed by atoms with van der Waals surface area (Å²) in [5, 5.41) is 9.54. The minimum atomic E-state index is -1.18. The molecule has 0 unspecified atom stereocenters. The van der Waals surface area contributed by atoms with Crippen molar-refractivity contribution < 1.29 is 9.90 Å². The predicted octanol–water partition coefficient (Wildman–Crippen LogP) is 2.71. The van der Waals surface area contributed by atoms with Gasteiger partial charge in [0.05, 0.1) is 5.52 Å². The highest BCUT2D eigenvalue weighted by Crippen LogP contribution is 2.16. The molecule has 4 nitrogen and oxygen atoms in total. The van der Waals surface area contributed by atoms with E-state index in [1.165, 1.54) is 6.20 Å². The summed E-state index contributed by atoms with van der Waals surface area (Å²) in [4.78, 5) is 23.2. The van der Waals surface area contributed by atoms with Gasteiger partial charge < -0.3 is 9.67 Å². The van der Waals surface area contributed by atoms with Crippen molar-refractivity contribution in [2.24, 2.45) is 0 Å². The third kappa shape index (κ3) is 2.27. The maximum absolute atomic E-state index is 12.1. The maximum atomic E-state index is 12.1. The molecular weight excluding hydrogens is 345 g/mol. The lowest BCUT2D eigenvalue weighted by Gasteiger charge is -2.11. The number of benzene rings is 1. The molecule has 1 aromatic carbocycles. The molecule has 0 saturated carbocycles. The quantitative estimate of drug-likeness (QED) is 0.860. The number of carboxylic acids is 1. The van der Waals surface area contributed by atoms with Crippen LogP contribution >= 0.6 is 22.6 Å². The zero-order chi connectivity index (χ0) is 13.3. The van der Waals surface area contributed by atoms with Crippen molar-refractivity contribution in [1.29, 1.82) is 0 Å². The smallest absolute Gasteiger partial charge is 0.341 e. The minimum Gasteiger partial charge on any atom is -0.477 e. The third-order valence-electron chi connectivity index (χ3n) is 2.74. The first-order chi connectivity index (χ1) is 8.54. The van der Waals surface area contributed by atoms with Crippen molar-refractivity contribution in [2.75, 3.05) is 0 Å². The van der Waals surface area contributed by atoms with Crippen molar-refractivity contribution in [3.05, 3.63) is 43.8 Å². The van der Waals surface area contributed by atoms with Crippen molar-refractivity contribution in [3.63, 3.8) is 0 Å². The number of pyridine rings is 1. The average Bonchev–Trinajstić information content (AvgIpc) is 2.32. The van der Waals surface area contributed by atoms with E-state index in [2.05, 4.69) is 22.6 Å². The lowest BCUT2D eigenvalue weighted by atomic mass is 10.1. The molecular formula is C13H12INO3. The van der Waals surface area contributed by atoms with E-state index in [1.54, 1.807) is 6.07 Å². The van der Waals surface area contributed by atoms with Gasteiger partial charge in [0.25, 0.3) is 0 Å². The molecule has 1 heterocycles. The minimum absolute atomic E-state index is 0.169. The number of hydrogen-bond donors (Lipinski definition) is 1. The lowest BCUT2D eigenvalue weighted by Crippen LogP contribution is -2.19. The third-order valence-corrected chi connectivity index (χ3v) is 3.41. The van der Waals surface area contributed by atoms with Crippen molar-refractivity contribution in [3.8, 4) is 0 Å². The van der Waals surface area contributed by atoms with E-state index in [-0.39, 0.29) is 5.56 Å². The molecule has 0 atom stereocenters. The van der Waals surface area contributed by atoms with E-state index in [0.29, 0.717) is 11.9 Å². The fourth-order valence-corrected chi connectivity index (χ4v) is 2.44. The average molecular weight is 357 g/mol. The number of hydrogen-bond acceptors (Lipinski definition) is 2. The van der Waals surface area contributed by atoms with Crippen LogP contribution in [0.5, 0.6) is 0 Å². The summed E-state index contributed by atoms with van der Waals surface area (Å²) >= 11 is 2.11. The van der Waals surface area contributed by atoms with Gasteiger partial charge in [-0.15, -0.1) is 0 Å². The van der Waals surface area contributed by atoms with Gasteiger partial charge in [-0.05, 0) is 47.2 Å². The number of carboxylic acid groups (broad SMARTS) is 1. The van der Waals surface area contributed by atoms with Crippen LogP contribution in [0.25, 0.3) is 10.9 Å². The first kappa shape index (κ1) is 13.1. The number of aryl methyl sites for hydroxylation is 1. The van der Waals surface area contributed by atoms with Crippen LogP contribution < -0.4 is 5.43 Å². The summed E-state index contributed by atoms with van der Waals surface area (Å²) in [6.07, 6.45) is 2.31. The van der Waals surface area contributed by atoms with Crippen LogP contribution in [-0.4, -0.2) is 15.6 Å². The molecule has 5 heteroatoms. The Morgan fingerprint density at radius 1 is 1.44 bits per heavy atom. The topological polar surface area (TPSA) is 59.3 Å². The molecule has 18 heavy (non-hydrogen) atoms. The van der Waals surface area contributed by atoms with E-state index in [1.807, 2.05) is 23.6 Å². The zero-order valence-electron chi connectivity index (χ0n) is 9.81. The van der Waals surface area contributed by atoms with E-state index in [0.717, 1.165) is 15.5 Å². The summed E-state index contributed by atoms with van der Waals surface area (Å²) in [5.41, 5.74) is 0.202. The highest BCUT2D eigenvalue weighted by molar-refractivity contribution is 14.1. The maximum Gasteiger partial charge on any atom is 0.341 e. The fraction of sp³-hybridized carbons (Fsp3) is 0.231. The second kappa shape index (κ2) is 5.09. The molecule has 0 bridgehead atoms. The summed E-state index contributed by atoms with van der Waals surface area (Å²) in [6, 6.07) is 5.51. The molecule has 0 radical (unpaired) electrons. The Morgan fingerprint density at radius 2 is 2.17 bits per heavy atom. The molecule has 1 aromatic heterocycles. The van der Waals surface area contributed by atoms with E-state index in [9.17, 15) is 9.59 Å². The van der Waals surface area contributed by atoms with E-state index < -0.39 is 11.4 Å². The number of fused-ring (bicyclic) bond motifs is 1. The normalized spacial score (nSPS) is 10.8. The SMILES string of the molecule is CCCn1cc(C(=O)O)c(=O)c2cc(I)ccc21.